The normalized spacial score (nSPS) is 16.4. The molecule has 1 aliphatic heterocycles. The van der Waals surface area contributed by atoms with Crippen LogP contribution in [0.4, 0.5) is 0 Å². The molecule has 2 heterocycles. The molecule has 3 rings (SSSR count). The summed E-state index contributed by atoms with van der Waals surface area (Å²) in [6.45, 7) is 1.86. The summed E-state index contributed by atoms with van der Waals surface area (Å²) in [5.74, 6) is 0. The Morgan fingerprint density at radius 2 is 2.05 bits per heavy atom. The van der Waals surface area contributed by atoms with Gasteiger partial charge in [-0.3, -0.25) is 4.79 Å². The number of hydrogen-bond donors (Lipinski definition) is 0. The summed E-state index contributed by atoms with van der Waals surface area (Å²) in [7, 11) is 0. The highest BCUT2D eigenvalue weighted by molar-refractivity contribution is 8.45. The fraction of sp³-hybridized carbons (Fsp3) is 0.133. The second-order valence-electron chi connectivity index (χ2n) is 4.54. The summed E-state index contributed by atoms with van der Waals surface area (Å²) in [6, 6.07) is 9.63. The molecule has 0 N–H and O–H groups in total. The zero-order valence-corrected chi connectivity index (χ0v) is 14.3. The van der Waals surface area contributed by atoms with Crippen molar-refractivity contribution < 1.29 is 4.79 Å². The van der Waals surface area contributed by atoms with Gasteiger partial charge >= 0.3 is 0 Å². The third-order valence-corrected chi connectivity index (χ3v) is 5.32. The number of benzene rings is 1. The van der Waals surface area contributed by atoms with E-state index in [1.54, 1.807) is 10.8 Å². The van der Waals surface area contributed by atoms with E-state index in [2.05, 4.69) is 10.1 Å². The van der Waals surface area contributed by atoms with Crippen molar-refractivity contribution in [3.63, 3.8) is 0 Å². The van der Waals surface area contributed by atoms with E-state index in [9.17, 15) is 4.79 Å². The number of thioether (sulfide) groups is 2. The Morgan fingerprint density at radius 1 is 1.32 bits per heavy atom. The fourth-order valence-corrected chi connectivity index (χ4v) is 3.62. The van der Waals surface area contributed by atoms with E-state index in [4.69, 9.17) is 11.6 Å². The highest BCUT2D eigenvalue weighted by Gasteiger charge is 2.23. The third-order valence-electron chi connectivity index (χ3n) is 3.11. The Balaban J connectivity index is 2.05. The van der Waals surface area contributed by atoms with E-state index in [0.717, 1.165) is 33.1 Å². The summed E-state index contributed by atoms with van der Waals surface area (Å²) in [4.78, 5) is 16.2. The van der Waals surface area contributed by atoms with Crippen molar-refractivity contribution in [2.24, 2.45) is 4.99 Å². The highest BCUT2D eigenvalue weighted by Crippen LogP contribution is 2.32. The van der Waals surface area contributed by atoms with E-state index >= 15 is 0 Å². The molecule has 22 heavy (non-hydrogen) atoms. The maximum atomic E-state index is 11.9. The molecule has 1 aromatic heterocycles. The van der Waals surface area contributed by atoms with Gasteiger partial charge in [0.15, 0.2) is 0 Å². The van der Waals surface area contributed by atoms with Crippen LogP contribution in [0.3, 0.4) is 0 Å². The van der Waals surface area contributed by atoms with Crippen LogP contribution in [0.2, 0.25) is 5.15 Å². The van der Waals surface area contributed by atoms with Gasteiger partial charge in [0.25, 0.3) is 0 Å². The first-order valence-corrected chi connectivity index (χ1v) is 8.89. The van der Waals surface area contributed by atoms with Crippen LogP contribution in [-0.4, -0.2) is 25.5 Å². The molecule has 0 unspecified atom stereocenters. The number of aryl methyl sites for hydroxylation is 1. The summed E-state index contributed by atoms with van der Waals surface area (Å²) in [6.07, 6.45) is 3.61. The first-order chi connectivity index (χ1) is 10.6. The van der Waals surface area contributed by atoms with Gasteiger partial charge in [-0.05, 0) is 43.2 Å². The molecule has 0 spiro atoms. The quantitative estimate of drug-likeness (QED) is 0.763. The zero-order valence-electron chi connectivity index (χ0n) is 11.9. The van der Waals surface area contributed by atoms with E-state index in [1.807, 2.05) is 43.5 Å². The van der Waals surface area contributed by atoms with Gasteiger partial charge in [0, 0.05) is 5.56 Å². The molecule has 0 bridgehead atoms. The van der Waals surface area contributed by atoms with Crippen molar-refractivity contribution in [1.29, 1.82) is 0 Å². The number of carbonyl (C=O) groups excluding carboxylic acids is 1. The van der Waals surface area contributed by atoms with Crippen LogP contribution < -0.4 is 0 Å². The Bertz CT molecular complexity index is 797. The predicted octanol–water partition coefficient (Wildman–Crippen LogP) is 4.17. The Morgan fingerprint density at radius 3 is 2.68 bits per heavy atom. The lowest BCUT2D eigenvalue weighted by molar-refractivity contribution is -0.107. The minimum atomic E-state index is -0.0627. The van der Waals surface area contributed by atoms with Gasteiger partial charge < -0.3 is 0 Å². The smallest absolute Gasteiger partial charge is 0.244 e. The van der Waals surface area contributed by atoms with E-state index in [1.165, 1.54) is 11.8 Å². The summed E-state index contributed by atoms with van der Waals surface area (Å²) in [5, 5.41) is 4.87. The molecule has 0 aliphatic carbocycles. The van der Waals surface area contributed by atoms with Crippen LogP contribution in [0, 0.1) is 6.92 Å². The molecular weight excluding hydrogens is 338 g/mol. The highest BCUT2D eigenvalue weighted by atomic mass is 35.5. The van der Waals surface area contributed by atoms with Crippen LogP contribution in [0.1, 0.15) is 11.3 Å². The number of carbonyl (C=O) groups is 1. The topological polar surface area (TPSA) is 47.2 Å². The molecule has 4 nitrogen and oxygen atoms in total. The molecule has 0 saturated heterocycles. The largest absolute Gasteiger partial charge is 0.279 e. The van der Waals surface area contributed by atoms with Gasteiger partial charge in [-0.1, -0.05) is 29.8 Å². The van der Waals surface area contributed by atoms with Gasteiger partial charge in [-0.25, -0.2) is 9.67 Å². The molecular formula is C15H12ClN3OS2. The number of rotatable bonds is 2. The minimum absolute atomic E-state index is 0.0627. The maximum Gasteiger partial charge on any atom is 0.244 e. The lowest BCUT2D eigenvalue weighted by Crippen LogP contribution is -1.95. The molecule has 0 amide bonds. The van der Waals surface area contributed by atoms with Gasteiger partial charge in [0.05, 0.1) is 11.4 Å². The first-order valence-electron chi connectivity index (χ1n) is 6.47. The number of para-hydroxylation sites is 1. The van der Waals surface area contributed by atoms with Crippen LogP contribution in [0.15, 0.2) is 41.0 Å². The average molecular weight is 350 g/mol. The number of aromatic nitrogens is 2. The SMILES string of the molecule is CSC1=NC(=Cc2c(C)nn(-c3ccccc3)c2Cl)C(=O)S1. The molecule has 1 aliphatic rings. The minimum Gasteiger partial charge on any atom is -0.279 e. The van der Waals surface area contributed by atoms with Gasteiger partial charge in [0.1, 0.15) is 15.2 Å². The Hall–Kier alpha value is -1.50. The van der Waals surface area contributed by atoms with Crippen LogP contribution >= 0.6 is 35.1 Å². The summed E-state index contributed by atoms with van der Waals surface area (Å²) in [5.41, 5.74) is 2.76. The molecule has 2 aromatic rings. The zero-order chi connectivity index (χ0) is 15.7. The molecule has 0 radical (unpaired) electrons. The van der Waals surface area contributed by atoms with Crippen molar-refractivity contribution in [1.82, 2.24) is 9.78 Å². The predicted molar refractivity (Wildman–Crippen MR) is 94.8 cm³/mol. The number of aliphatic imine (C=N–C) groups is 1. The van der Waals surface area contributed by atoms with Crippen LogP contribution in [0.5, 0.6) is 0 Å². The van der Waals surface area contributed by atoms with E-state index in [0.29, 0.717) is 10.9 Å². The summed E-state index contributed by atoms with van der Waals surface area (Å²) < 4.78 is 2.41. The van der Waals surface area contributed by atoms with Gasteiger partial charge in [0.2, 0.25) is 5.12 Å². The van der Waals surface area contributed by atoms with Gasteiger partial charge in [-0.2, -0.15) is 5.10 Å². The third kappa shape index (κ3) is 2.86. The van der Waals surface area contributed by atoms with E-state index < -0.39 is 0 Å². The monoisotopic (exact) mass is 349 g/mol. The number of nitrogens with zero attached hydrogens (tertiary/aromatic N) is 3. The Kier molecular flexibility index (Phi) is 4.42. The van der Waals surface area contributed by atoms with Crippen LogP contribution in [0.25, 0.3) is 11.8 Å². The molecule has 112 valence electrons. The number of halogens is 1. The van der Waals surface area contributed by atoms with Crippen molar-refractivity contribution in [2.45, 2.75) is 6.92 Å². The molecule has 0 fully saturated rings. The lowest BCUT2D eigenvalue weighted by atomic mass is 10.2. The first kappa shape index (κ1) is 15.4. The Labute approximate surface area is 141 Å². The average Bonchev–Trinajstić information content (AvgIpc) is 3.03. The maximum absolute atomic E-state index is 11.9. The molecule has 0 atom stereocenters. The molecule has 7 heteroatoms. The molecule has 1 aromatic carbocycles. The van der Waals surface area contributed by atoms with Crippen molar-refractivity contribution in [3.8, 4) is 5.69 Å². The van der Waals surface area contributed by atoms with Crippen molar-refractivity contribution >= 4 is 50.7 Å². The van der Waals surface area contributed by atoms with Crippen LogP contribution in [-0.2, 0) is 4.79 Å². The second kappa shape index (κ2) is 6.32. The van der Waals surface area contributed by atoms with Crippen molar-refractivity contribution in [3.05, 3.63) is 52.4 Å². The molecule has 0 saturated carbocycles. The van der Waals surface area contributed by atoms with E-state index in [-0.39, 0.29) is 5.12 Å². The lowest BCUT2D eigenvalue weighted by Gasteiger charge is -2.02. The van der Waals surface area contributed by atoms with Gasteiger partial charge in [-0.15, -0.1) is 11.8 Å². The standard InChI is InChI=1S/C15H12ClN3OS2/c1-9-11(8-12-14(20)22-15(17-12)21-2)13(16)19(18-9)10-6-4-3-5-7-10/h3-8H,1-2H3. The second-order valence-corrected chi connectivity index (χ2v) is 6.91. The van der Waals surface area contributed by atoms with Crippen molar-refractivity contribution in [2.75, 3.05) is 6.26 Å². The number of hydrogen-bond acceptors (Lipinski definition) is 5. The summed E-state index contributed by atoms with van der Waals surface area (Å²) >= 11 is 9.05. The fourth-order valence-electron chi connectivity index (χ4n) is 2.03.